The van der Waals surface area contributed by atoms with Gasteiger partial charge in [-0.05, 0) is 0 Å². The molecular weight excluding hydrogens is 414 g/mol. The van der Waals surface area contributed by atoms with Crippen LogP contribution in [-0.4, -0.2) is 74.3 Å². The van der Waals surface area contributed by atoms with Gasteiger partial charge in [0.05, 0.1) is 0 Å². The van der Waals surface area contributed by atoms with Crippen molar-refractivity contribution in [3.05, 3.63) is 0 Å². The molecule has 4 heteroatoms. The van der Waals surface area contributed by atoms with E-state index >= 15 is 0 Å². The summed E-state index contributed by atoms with van der Waals surface area (Å²) in [4.78, 5) is 0. The summed E-state index contributed by atoms with van der Waals surface area (Å²) in [5.41, 5.74) is 0. The van der Waals surface area contributed by atoms with E-state index in [9.17, 15) is 0 Å². The first kappa shape index (κ1) is 28.0. The Bertz CT molecular complexity index is 8.00. The molecular formula is CuMgPbSn. The summed E-state index contributed by atoms with van der Waals surface area (Å²) in [5, 5.41) is 0. The van der Waals surface area contributed by atoms with Gasteiger partial charge in [-0.3, -0.25) is 0 Å². The van der Waals surface area contributed by atoms with Crippen LogP contribution in [0.2, 0.25) is 0 Å². The maximum Gasteiger partial charge on any atom is 0 e. The average molecular weight is 414 g/mol. The Morgan fingerprint density at radius 1 is 1.00 bits per heavy atom. The van der Waals surface area contributed by atoms with Crippen LogP contribution in [0, 0.1) is 0 Å². The van der Waals surface area contributed by atoms with E-state index in [1.165, 1.54) is 0 Å². The second kappa shape index (κ2) is 16.7. The molecule has 0 rings (SSSR count). The third kappa shape index (κ3) is 8.89. The Hall–Kier alpha value is 3.01. The molecule has 0 unspecified atom stereocenters. The zero-order chi connectivity index (χ0) is 0. The first-order valence-corrected chi connectivity index (χ1v) is 0. The van der Waals surface area contributed by atoms with Crippen LogP contribution < -0.4 is 0 Å². The van der Waals surface area contributed by atoms with Crippen molar-refractivity contribution in [1.29, 1.82) is 0 Å². The minimum absolute atomic E-state index is 0. The zero-order valence-corrected chi connectivity index (χ0v) is 11.1. The van der Waals surface area contributed by atoms with Gasteiger partial charge in [0.15, 0.2) is 0 Å². The summed E-state index contributed by atoms with van der Waals surface area (Å²) in [7, 11) is 0. The Kier molecular flexibility index (Phi) is 116. The minimum atomic E-state index is 0. The molecule has 0 atom stereocenters. The van der Waals surface area contributed by atoms with Crippen molar-refractivity contribution in [2.24, 2.45) is 0 Å². The molecule has 0 fully saturated rings. The standard InChI is InChI=1S/Cu.Mg.Pb.Sn. The second-order valence-corrected chi connectivity index (χ2v) is 0. The summed E-state index contributed by atoms with van der Waals surface area (Å²) in [6.07, 6.45) is 0. The van der Waals surface area contributed by atoms with E-state index in [-0.39, 0.29) is 91.3 Å². The minimum Gasteiger partial charge on any atom is 0 e. The van der Waals surface area contributed by atoms with E-state index in [4.69, 9.17) is 0 Å². The largest absolute Gasteiger partial charge is 0 e. The van der Waals surface area contributed by atoms with Gasteiger partial charge in [0.2, 0.25) is 0 Å². The van der Waals surface area contributed by atoms with Crippen LogP contribution in [0.4, 0.5) is 0 Å². The first-order valence-electron chi connectivity index (χ1n) is 0. The van der Waals surface area contributed by atoms with Crippen molar-refractivity contribution >= 4 is 74.3 Å². The summed E-state index contributed by atoms with van der Waals surface area (Å²) >= 11 is 0. The van der Waals surface area contributed by atoms with E-state index in [2.05, 4.69) is 0 Å². The van der Waals surface area contributed by atoms with Gasteiger partial charge in [0.25, 0.3) is 0 Å². The molecule has 0 aromatic heterocycles. The molecule has 0 aliphatic carbocycles. The van der Waals surface area contributed by atoms with Crippen LogP contribution in [0.15, 0.2) is 0 Å². The molecule has 0 saturated carbocycles. The van der Waals surface area contributed by atoms with Crippen molar-refractivity contribution in [2.75, 3.05) is 0 Å². The third-order valence-corrected chi connectivity index (χ3v) is 0. The Balaban J connectivity index is 0. The van der Waals surface area contributed by atoms with E-state index < -0.39 is 0 Å². The van der Waals surface area contributed by atoms with E-state index in [0.29, 0.717) is 0 Å². The molecule has 0 aliphatic heterocycles. The predicted molar refractivity (Wildman–Crippen MR) is 17.3 cm³/mol. The van der Waals surface area contributed by atoms with Crippen molar-refractivity contribution in [3.63, 3.8) is 0 Å². The van der Waals surface area contributed by atoms with Crippen LogP contribution in [0.25, 0.3) is 0 Å². The van der Waals surface area contributed by atoms with Gasteiger partial charge in [-0.2, -0.15) is 0 Å². The number of hydrogen-bond donors (Lipinski definition) is 0. The summed E-state index contributed by atoms with van der Waals surface area (Å²) < 4.78 is 0. The molecule has 0 amide bonds. The van der Waals surface area contributed by atoms with Gasteiger partial charge in [-0.25, -0.2) is 0 Å². The third-order valence-electron chi connectivity index (χ3n) is 0. The first-order chi connectivity index (χ1) is 0. The maximum absolute atomic E-state index is 0. The molecule has 4 heavy (non-hydrogen) atoms. The quantitative estimate of drug-likeness (QED) is 0.440. The van der Waals surface area contributed by atoms with Gasteiger partial charge in [-0.1, -0.05) is 0 Å². The monoisotopic (exact) mass is 415 g/mol. The Labute approximate surface area is 89.6 Å². The fourth-order valence-corrected chi connectivity index (χ4v) is 0. The van der Waals surface area contributed by atoms with E-state index in [1.807, 2.05) is 0 Å². The molecule has 0 nitrogen and oxygen atoms in total. The SMILES string of the molecule is [Cu].[Mg].[Pb].[Sn]. The van der Waals surface area contributed by atoms with Crippen LogP contribution in [0.1, 0.15) is 0 Å². The smallest absolute Gasteiger partial charge is 0 e. The fraction of sp³-hybridized carbons (Fsp3) is 0. The van der Waals surface area contributed by atoms with Crippen molar-refractivity contribution < 1.29 is 17.1 Å². The molecule has 0 bridgehead atoms. The van der Waals surface area contributed by atoms with Gasteiger partial charge >= 0.3 is 0 Å². The van der Waals surface area contributed by atoms with Crippen molar-refractivity contribution in [2.45, 2.75) is 0 Å². The van der Waals surface area contributed by atoms with Crippen LogP contribution in [-0.2, 0) is 17.1 Å². The molecule has 0 heterocycles. The maximum atomic E-state index is 0. The number of hydrogen-bond acceptors (Lipinski definition) is 0. The van der Waals surface area contributed by atoms with Gasteiger partial charge in [0, 0.05) is 91.3 Å². The fourth-order valence-electron chi connectivity index (χ4n) is 0. The molecule has 0 aliphatic rings. The number of rotatable bonds is 0. The molecule has 0 aromatic carbocycles. The van der Waals surface area contributed by atoms with E-state index in [0.717, 1.165) is 0 Å². The molecule has 0 spiro atoms. The predicted octanol–water partition coefficient (Wildman–Crippen LogP) is -1.14. The zero-order valence-electron chi connectivity index (χ0n) is 2.01. The summed E-state index contributed by atoms with van der Waals surface area (Å²) in [6, 6.07) is 0. The average Bonchev–Trinajstić information content (AvgIpc) is 0. The van der Waals surface area contributed by atoms with Gasteiger partial charge < -0.3 is 0 Å². The molecule has 0 N–H and O–H groups in total. The van der Waals surface area contributed by atoms with Crippen molar-refractivity contribution in [1.82, 2.24) is 0 Å². The van der Waals surface area contributed by atoms with Gasteiger partial charge in [-0.15, -0.1) is 0 Å². The molecule has 21 valence electrons. The van der Waals surface area contributed by atoms with Crippen LogP contribution in [0.5, 0.6) is 0 Å². The molecule has 0 aromatic rings. The summed E-state index contributed by atoms with van der Waals surface area (Å²) in [5.74, 6) is 0. The Morgan fingerprint density at radius 3 is 1.00 bits per heavy atom. The normalized spacial score (nSPS) is 0. The van der Waals surface area contributed by atoms with Gasteiger partial charge in [0.1, 0.15) is 0 Å². The molecule has 11 radical (unpaired) electrons. The Morgan fingerprint density at radius 2 is 1.00 bits per heavy atom. The molecule has 0 saturated heterocycles. The summed E-state index contributed by atoms with van der Waals surface area (Å²) in [6.45, 7) is 0. The van der Waals surface area contributed by atoms with E-state index in [1.54, 1.807) is 0 Å². The topological polar surface area (TPSA) is 0 Å². The van der Waals surface area contributed by atoms with Crippen molar-refractivity contribution in [3.8, 4) is 0 Å². The second-order valence-electron chi connectivity index (χ2n) is 0. The van der Waals surface area contributed by atoms with Crippen LogP contribution >= 0.6 is 0 Å². The van der Waals surface area contributed by atoms with Crippen LogP contribution in [0.3, 0.4) is 0 Å².